The second kappa shape index (κ2) is 19.6. The number of nitrogens with zero attached hydrogens (tertiary/aromatic N) is 1. The van der Waals surface area contributed by atoms with Gasteiger partial charge in [-0.25, -0.2) is 4.79 Å². The first-order valence-corrected chi connectivity index (χ1v) is 19.2. The number of carboxylic acids is 2. The summed E-state index contributed by atoms with van der Waals surface area (Å²) in [4.78, 5) is 118. The van der Waals surface area contributed by atoms with Gasteiger partial charge in [0.05, 0.1) is 12.8 Å². The number of nitrogens with one attached hydrogen (secondary N) is 5. The summed E-state index contributed by atoms with van der Waals surface area (Å²) in [7, 11) is 0. The van der Waals surface area contributed by atoms with Crippen LogP contribution >= 0.6 is 0 Å². The predicted octanol–water partition coefficient (Wildman–Crippen LogP) is 1.91. The Morgan fingerprint density at radius 2 is 1.40 bits per heavy atom. The van der Waals surface area contributed by atoms with Crippen LogP contribution in [-0.4, -0.2) is 99.2 Å². The van der Waals surface area contributed by atoms with Crippen molar-refractivity contribution in [2.24, 2.45) is 23.2 Å². The smallest absolute Gasteiger partial charge is 0.336 e. The molecule has 1 aromatic heterocycles. The topological polar surface area (TPSA) is 271 Å². The number of aryl methyl sites for hydroxylation is 1. The number of carbonyl (C=O) groups excluding carboxylic acids is 6. The monoisotopic (exact) mass is 812 g/mol. The molecule has 1 aliphatic heterocycles. The zero-order chi connectivity index (χ0) is 43.8. The summed E-state index contributed by atoms with van der Waals surface area (Å²) >= 11 is 0. The van der Waals surface area contributed by atoms with E-state index in [0.29, 0.717) is 23.8 Å². The predicted molar refractivity (Wildman–Crippen MR) is 211 cm³/mol. The fourth-order valence-electron chi connectivity index (χ4n) is 7.08. The molecule has 0 radical (unpaired) electrons. The molecule has 18 nitrogen and oxygen atoms in total. The molecular weight excluding hydrogens is 756 g/mol. The van der Waals surface area contributed by atoms with Gasteiger partial charge < -0.3 is 46.1 Å². The summed E-state index contributed by atoms with van der Waals surface area (Å²) in [6.07, 6.45) is -0.854. The SMILES string of the molecule is CC(=O)N[C@H](C(=O)N[C@@H](CC(=O)O)C(=O)N[C@H](C(=O)N1CC[C@@H](CC(C)(C)C)C1C(=O)N[C@@H](CC(=O)O)C(=O)Nc1ccc2c(C)cc(=O)oc2c1)C(C)C)C(C)C. The molecule has 6 amide bonds. The Balaban J connectivity index is 1.92. The highest BCUT2D eigenvalue weighted by molar-refractivity contribution is 6.02. The van der Waals surface area contributed by atoms with Crippen LogP contribution in [0.4, 0.5) is 5.69 Å². The molecule has 6 atom stereocenters. The van der Waals surface area contributed by atoms with Gasteiger partial charge in [0, 0.05) is 36.7 Å². The van der Waals surface area contributed by atoms with Gasteiger partial charge in [0.25, 0.3) is 0 Å². The molecule has 3 rings (SSSR count). The van der Waals surface area contributed by atoms with Gasteiger partial charge >= 0.3 is 17.6 Å². The molecule has 2 aromatic rings. The van der Waals surface area contributed by atoms with Crippen LogP contribution in [-0.2, 0) is 38.4 Å². The summed E-state index contributed by atoms with van der Waals surface area (Å²) in [6.45, 7) is 15.4. The standard InChI is InChI=1S/C40H56N6O12/c1-19(2)32(41-22(6)47)37(55)43-27(17-30(50)51)36(54)45-33(20(3)4)39(57)46-13-12-23(18-40(7,8)9)34(46)38(56)44-26(16-29(48)49)35(53)42-24-10-11-25-21(5)14-31(52)58-28(25)15-24/h10-11,14-15,19-20,23,26-27,32-34H,12-13,16-18H2,1-9H3,(H,41,47)(H,42,53)(H,43,55)(H,44,56)(H,45,54)(H,48,49)(H,50,51)/t23-,26-,27-,32-,33-,34?/m0/s1. The normalized spacial score (nSPS) is 17.5. The van der Waals surface area contributed by atoms with E-state index in [-0.39, 0.29) is 23.2 Å². The van der Waals surface area contributed by atoms with Gasteiger partial charge in [-0.2, -0.15) is 0 Å². The van der Waals surface area contributed by atoms with Crippen molar-refractivity contribution in [2.45, 2.75) is 118 Å². The lowest BCUT2D eigenvalue weighted by atomic mass is 9.81. The third-order valence-corrected chi connectivity index (χ3v) is 9.73. The van der Waals surface area contributed by atoms with Crippen LogP contribution in [0.15, 0.2) is 33.5 Å². The summed E-state index contributed by atoms with van der Waals surface area (Å²) in [5, 5.41) is 32.5. The number of fused-ring (bicyclic) bond motifs is 1. The van der Waals surface area contributed by atoms with Crippen LogP contribution < -0.4 is 32.2 Å². The zero-order valence-electron chi connectivity index (χ0n) is 34.4. The van der Waals surface area contributed by atoms with Crippen molar-refractivity contribution in [1.82, 2.24) is 26.2 Å². The minimum atomic E-state index is -1.64. The molecular formula is C40H56N6O12. The molecule has 1 aliphatic rings. The van der Waals surface area contributed by atoms with Gasteiger partial charge in [0.1, 0.15) is 35.8 Å². The van der Waals surface area contributed by atoms with Crippen LogP contribution in [0.5, 0.6) is 0 Å². The van der Waals surface area contributed by atoms with Crippen LogP contribution in [0.3, 0.4) is 0 Å². The summed E-state index contributed by atoms with van der Waals surface area (Å²) in [5.41, 5.74) is 0.0596. The second-order valence-electron chi connectivity index (χ2n) is 16.7. The fourth-order valence-corrected chi connectivity index (χ4v) is 7.08. The van der Waals surface area contributed by atoms with E-state index in [0.717, 1.165) is 0 Å². The van der Waals surface area contributed by atoms with Crippen LogP contribution in [0, 0.1) is 30.1 Å². The number of anilines is 1. The number of hydrogen-bond acceptors (Lipinski definition) is 10. The largest absolute Gasteiger partial charge is 0.481 e. The number of hydrogen-bond donors (Lipinski definition) is 7. The number of likely N-dealkylation sites (tertiary alicyclic amines) is 1. The number of benzene rings is 1. The number of carboxylic acid groups (broad SMARTS) is 2. The number of aliphatic carboxylic acids is 2. The lowest BCUT2D eigenvalue weighted by Crippen LogP contribution is -2.61. The van der Waals surface area contributed by atoms with E-state index in [1.165, 1.54) is 30.0 Å². The Hall–Kier alpha value is -5.81. The van der Waals surface area contributed by atoms with Crippen molar-refractivity contribution in [1.29, 1.82) is 0 Å². The first-order chi connectivity index (χ1) is 26.9. The van der Waals surface area contributed by atoms with E-state index in [9.17, 15) is 53.4 Å². The highest BCUT2D eigenvalue weighted by Gasteiger charge is 2.46. The Morgan fingerprint density at radius 1 is 0.810 bits per heavy atom. The van der Waals surface area contributed by atoms with Crippen LogP contribution in [0.1, 0.15) is 86.6 Å². The van der Waals surface area contributed by atoms with Gasteiger partial charge in [0.2, 0.25) is 35.4 Å². The van der Waals surface area contributed by atoms with E-state index >= 15 is 0 Å². The molecule has 0 spiro atoms. The zero-order valence-corrected chi connectivity index (χ0v) is 34.4. The average molecular weight is 813 g/mol. The number of amides is 6. The molecule has 0 bridgehead atoms. The third kappa shape index (κ3) is 12.9. The molecule has 18 heteroatoms. The first kappa shape index (κ1) is 46.6. The van der Waals surface area contributed by atoms with Gasteiger partial charge in [-0.1, -0.05) is 48.5 Å². The van der Waals surface area contributed by atoms with E-state index in [4.69, 9.17) is 4.42 Å². The van der Waals surface area contributed by atoms with Crippen molar-refractivity contribution < 1.29 is 53.0 Å². The molecule has 318 valence electrons. The average Bonchev–Trinajstić information content (AvgIpc) is 3.49. The van der Waals surface area contributed by atoms with E-state index in [1.807, 2.05) is 20.8 Å². The van der Waals surface area contributed by atoms with E-state index in [1.54, 1.807) is 40.7 Å². The molecule has 7 N–H and O–H groups in total. The number of rotatable bonds is 17. The molecule has 0 saturated carbocycles. The molecule has 1 fully saturated rings. The number of carbonyl (C=O) groups is 8. The summed E-state index contributed by atoms with van der Waals surface area (Å²) in [5.74, 6) is -8.97. The third-order valence-electron chi connectivity index (χ3n) is 9.73. The van der Waals surface area contributed by atoms with Crippen molar-refractivity contribution in [3.8, 4) is 0 Å². The molecule has 0 aliphatic carbocycles. The molecule has 1 unspecified atom stereocenters. The van der Waals surface area contributed by atoms with E-state index < -0.39 is 114 Å². The van der Waals surface area contributed by atoms with Gasteiger partial charge in [-0.05, 0) is 60.6 Å². The van der Waals surface area contributed by atoms with Crippen LogP contribution in [0.2, 0.25) is 0 Å². The maximum atomic E-state index is 14.4. The Labute approximate surface area is 336 Å². The summed E-state index contributed by atoms with van der Waals surface area (Å²) in [6, 6.07) is -0.984. The van der Waals surface area contributed by atoms with Crippen molar-refractivity contribution in [2.75, 3.05) is 11.9 Å². The van der Waals surface area contributed by atoms with Gasteiger partial charge in [-0.3, -0.25) is 38.4 Å². The van der Waals surface area contributed by atoms with Gasteiger partial charge in [-0.15, -0.1) is 0 Å². The minimum Gasteiger partial charge on any atom is -0.481 e. The van der Waals surface area contributed by atoms with Crippen molar-refractivity contribution in [3.05, 3.63) is 40.2 Å². The summed E-state index contributed by atoms with van der Waals surface area (Å²) < 4.78 is 5.25. The Kier molecular flexibility index (Phi) is 15.7. The Bertz CT molecular complexity index is 1970. The quantitative estimate of drug-likeness (QED) is 0.113. The lowest BCUT2D eigenvalue weighted by molar-refractivity contribution is -0.146. The Morgan fingerprint density at radius 3 is 1.93 bits per heavy atom. The lowest BCUT2D eigenvalue weighted by Gasteiger charge is -2.34. The van der Waals surface area contributed by atoms with Crippen molar-refractivity contribution >= 4 is 64.0 Å². The molecule has 1 saturated heterocycles. The minimum absolute atomic E-state index is 0.0658. The van der Waals surface area contributed by atoms with Crippen LogP contribution in [0.25, 0.3) is 11.0 Å². The maximum absolute atomic E-state index is 14.4. The highest BCUT2D eigenvalue weighted by Crippen LogP contribution is 2.36. The fraction of sp³-hybridized carbons (Fsp3) is 0.575. The highest BCUT2D eigenvalue weighted by atomic mass is 16.4. The maximum Gasteiger partial charge on any atom is 0.336 e. The molecule has 2 heterocycles. The van der Waals surface area contributed by atoms with E-state index in [2.05, 4.69) is 26.6 Å². The first-order valence-electron chi connectivity index (χ1n) is 19.2. The van der Waals surface area contributed by atoms with Gasteiger partial charge in [0.15, 0.2) is 0 Å². The second-order valence-corrected chi connectivity index (χ2v) is 16.7. The van der Waals surface area contributed by atoms with Crippen molar-refractivity contribution in [3.63, 3.8) is 0 Å². The molecule has 1 aromatic carbocycles. The molecule has 58 heavy (non-hydrogen) atoms.